The molecule has 1 aliphatic carbocycles. The van der Waals surface area contributed by atoms with Gasteiger partial charge in [0.25, 0.3) is 0 Å². The molecule has 0 saturated heterocycles. The number of Topliss-reactive ketones (excluding diaryl/α,β-unsaturated/α-hetero) is 1. The Kier molecular flexibility index (Phi) is 4.94. The third-order valence-corrected chi connectivity index (χ3v) is 5.80. The number of aromatic nitrogens is 4. The van der Waals surface area contributed by atoms with E-state index in [-0.39, 0.29) is 17.6 Å². The second-order valence-corrected chi connectivity index (χ2v) is 8.37. The van der Waals surface area contributed by atoms with Crippen molar-refractivity contribution in [1.82, 2.24) is 19.8 Å². The molecule has 31 heavy (non-hydrogen) atoms. The van der Waals surface area contributed by atoms with Gasteiger partial charge in [-0.25, -0.2) is 4.52 Å². The molecule has 1 unspecified atom stereocenters. The first-order valence-electron chi connectivity index (χ1n) is 10.7. The lowest BCUT2D eigenvalue weighted by Gasteiger charge is -2.20. The number of nitrogens with zero attached hydrogens (tertiary/aromatic N) is 4. The Hall–Kier alpha value is -3.60. The van der Waals surface area contributed by atoms with Gasteiger partial charge in [0.05, 0.1) is 17.0 Å². The summed E-state index contributed by atoms with van der Waals surface area (Å²) >= 11 is 0. The molecular weight excluding hydrogens is 384 g/mol. The number of hydrogen-bond acceptors (Lipinski definition) is 4. The van der Waals surface area contributed by atoms with E-state index in [1.165, 1.54) is 0 Å². The minimum atomic E-state index is 0.0289. The second kappa shape index (κ2) is 7.91. The molecule has 1 atom stereocenters. The van der Waals surface area contributed by atoms with Crippen LogP contribution in [0.4, 0.5) is 0 Å². The number of allylic oxidation sites excluding steroid dienone is 1. The van der Waals surface area contributed by atoms with E-state index in [4.69, 9.17) is 5.10 Å². The van der Waals surface area contributed by atoms with Gasteiger partial charge < -0.3 is 0 Å². The summed E-state index contributed by atoms with van der Waals surface area (Å²) in [5.41, 5.74) is 6.20. The Labute approximate surface area is 181 Å². The zero-order valence-electron chi connectivity index (χ0n) is 17.7. The molecule has 0 N–H and O–H groups in total. The Morgan fingerprint density at radius 1 is 0.968 bits per heavy atom. The van der Waals surface area contributed by atoms with Crippen molar-refractivity contribution in [2.24, 2.45) is 5.92 Å². The topological polar surface area (TPSA) is 60.1 Å². The molecule has 5 rings (SSSR count). The molecular formula is C26H24N4O. The van der Waals surface area contributed by atoms with Gasteiger partial charge in [-0.2, -0.15) is 5.10 Å². The zero-order valence-corrected chi connectivity index (χ0v) is 17.7. The lowest BCUT2D eigenvalue weighted by atomic mass is 9.88. The molecule has 2 aromatic carbocycles. The van der Waals surface area contributed by atoms with Crippen molar-refractivity contribution in [3.05, 3.63) is 89.4 Å². The first kappa shape index (κ1) is 19.4. The van der Waals surface area contributed by atoms with Crippen LogP contribution in [0.1, 0.15) is 53.6 Å². The number of ketones is 1. The molecule has 4 aromatic rings. The van der Waals surface area contributed by atoms with E-state index < -0.39 is 0 Å². The lowest BCUT2D eigenvalue weighted by molar-refractivity contribution is 0.0950. The van der Waals surface area contributed by atoms with Gasteiger partial charge in [-0.15, -0.1) is 10.2 Å². The van der Waals surface area contributed by atoms with Gasteiger partial charge in [0, 0.05) is 6.42 Å². The molecule has 0 spiro atoms. The van der Waals surface area contributed by atoms with Crippen LogP contribution in [-0.2, 0) is 6.42 Å². The highest BCUT2D eigenvalue weighted by Gasteiger charge is 2.30. The molecule has 1 aliphatic rings. The van der Waals surface area contributed by atoms with Crippen LogP contribution in [-0.4, -0.2) is 25.6 Å². The largest absolute Gasteiger partial charge is 0.292 e. The Balaban J connectivity index is 1.61. The summed E-state index contributed by atoms with van der Waals surface area (Å²) < 4.78 is 1.86. The summed E-state index contributed by atoms with van der Waals surface area (Å²) in [7, 11) is 0. The van der Waals surface area contributed by atoms with Crippen molar-refractivity contribution in [2.45, 2.75) is 32.6 Å². The minimum Gasteiger partial charge on any atom is -0.292 e. The summed E-state index contributed by atoms with van der Waals surface area (Å²) in [6.07, 6.45) is 5.38. The van der Waals surface area contributed by atoms with Gasteiger partial charge in [0.1, 0.15) is 0 Å². The summed E-state index contributed by atoms with van der Waals surface area (Å²) in [5.74, 6) is 0.362. The fraction of sp³-hybridized carbons (Fsp3) is 0.231. The standard InChI is InChI=1S/C26H24N4O/c1-17(2)24-23(20-11-7-4-8-12-20)26-28-27-25-21(30(26)29-24)15-19(16-22(25)31)14-13-18-9-5-3-6-10-18/h3-14,17,19H,15-16H2,1-2H3/b14-13+. The summed E-state index contributed by atoms with van der Waals surface area (Å²) in [6.45, 7) is 4.26. The minimum absolute atomic E-state index is 0.0289. The summed E-state index contributed by atoms with van der Waals surface area (Å²) in [4.78, 5) is 12.9. The van der Waals surface area contributed by atoms with Gasteiger partial charge >= 0.3 is 0 Å². The van der Waals surface area contributed by atoms with Crippen LogP contribution in [0.3, 0.4) is 0 Å². The molecule has 2 heterocycles. The number of benzene rings is 2. The third kappa shape index (κ3) is 3.56. The maximum absolute atomic E-state index is 12.9. The van der Waals surface area contributed by atoms with Gasteiger partial charge in [0.15, 0.2) is 17.1 Å². The van der Waals surface area contributed by atoms with E-state index in [0.717, 1.165) is 28.1 Å². The van der Waals surface area contributed by atoms with Crippen LogP contribution in [0.15, 0.2) is 66.7 Å². The highest BCUT2D eigenvalue weighted by Crippen LogP contribution is 2.34. The van der Waals surface area contributed by atoms with E-state index in [1.807, 2.05) is 40.9 Å². The molecule has 0 bridgehead atoms. The fourth-order valence-electron chi connectivity index (χ4n) is 4.25. The van der Waals surface area contributed by atoms with E-state index in [9.17, 15) is 4.79 Å². The van der Waals surface area contributed by atoms with Crippen molar-refractivity contribution >= 4 is 17.5 Å². The maximum Gasteiger partial charge on any atom is 0.185 e. The molecule has 0 saturated carbocycles. The number of carbonyl (C=O) groups is 1. The summed E-state index contributed by atoms with van der Waals surface area (Å²) in [6, 6.07) is 20.3. The second-order valence-electron chi connectivity index (χ2n) is 8.37. The van der Waals surface area contributed by atoms with Crippen molar-refractivity contribution in [3.8, 4) is 11.1 Å². The predicted octanol–water partition coefficient (Wildman–Crippen LogP) is 5.37. The van der Waals surface area contributed by atoms with Crippen molar-refractivity contribution in [1.29, 1.82) is 0 Å². The van der Waals surface area contributed by atoms with Gasteiger partial charge in [-0.1, -0.05) is 86.7 Å². The highest BCUT2D eigenvalue weighted by molar-refractivity contribution is 5.97. The van der Waals surface area contributed by atoms with Crippen LogP contribution in [0.25, 0.3) is 22.9 Å². The van der Waals surface area contributed by atoms with Crippen molar-refractivity contribution in [2.75, 3.05) is 0 Å². The van der Waals surface area contributed by atoms with E-state index in [2.05, 4.69) is 60.5 Å². The predicted molar refractivity (Wildman–Crippen MR) is 122 cm³/mol. The van der Waals surface area contributed by atoms with Crippen LogP contribution in [0.5, 0.6) is 0 Å². The van der Waals surface area contributed by atoms with Gasteiger partial charge in [-0.05, 0) is 29.4 Å². The smallest absolute Gasteiger partial charge is 0.185 e. The SMILES string of the molecule is CC(C)c1nn2c3c(nnc2c1-c1ccccc1)C(=O)CC(/C=C/c1ccccc1)C3. The Morgan fingerprint density at radius 2 is 1.68 bits per heavy atom. The van der Waals surface area contributed by atoms with Crippen LogP contribution in [0, 0.1) is 5.92 Å². The van der Waals surface area contributed by atoms with E-state index >= 15 is 0 Å². The number of rotatable bonds is 4. The molecule has 0 radical (unpaired) electrons. The monoisotopic (exact) mass is 408 g/mol. The first-order valence-corrected chi connectivity index (χ1v) is 10.7. The average Bonchev–Trinajstić information content (AvgIpc) is 3.19. The van der Waals surface area contributed by atoms with E-state index in [0.29, 0.717) is 24.2 Å². The van der Waals surface area contributed by atoms with Gasteiger partial charge in [0.2, 0.25) is 0 Å². The van der Waals surface area contributed by atoms with Crippen LogP contribution < -0.4 is 0 Å². The molecule has 2 aromatic heterocycles. The average molecular weight is 409 g/mol. The normalized spacial score (nSPS) is 16.4. The molecule has 5 nitrogen and oxygen atoms in total. The van der Waals surface area contributed by atoms with Crippen molar-refractivity contribution in [3.63, 3.8) is 0 Å². The lowest BCUT2D eigenvalue weighted by Crippen LogP contribution is -2.24. The molecule has 0 fully saturated rings. The first-order chi connectivity index (χ1) is 15.1. The van der Waals surface area contributed by atoms with Crippen molar-refractivity contribution < 1.29 is 4.79 Å². The van der Waals surface area contributed by atoms with Crippen LogP contribution in [0.2, 0.25) is 0 Å². The zero-order chi connectivity index (χ0) is 21.4. The number of hydrogen-bond donors (Lipinski definition) is 0. The summed E-state index contributed by atoms with van der Waals surface area (Å²) in [5, 5.41) is 13.7. The maximum atomic E-state index is 12.9. The Bertz CT molecular complexity index is 1270. The Morgan fingerprint density at radius 3 is 2.39 bits per heavy atom. The number of fused-ring (bicyclic) bond motifs is 3. The fourth-order valence-corrected chi connectivity index (χ4v) is 4.25. The molecule has 5 heteroatoms. The van der Waals surface area contributed by atoms with Crippen LogP contribution >= 0.6 is 0 Å². The number of carbonyl (C=O) groups excluding carboxylic acids is 1. The molecule has 0 amide bonds. The molecule has 154 valence electrons. The third-order valence-electron chi connectivity index (χ3n) is 5.80. The highest BCUT2D eigenvalue weighted by atomic mass is 16.1. The van der Waals surface area contributed by atoms with E-state index in [1.54, 1.807) is 0 Å². The quantitative estimate of drug-likeness (QED) is 0.455. The van der Waals surface area contributed by atoms with Gasteiger partial charge in [-0.3, -0.25) is 4.79 Å². The molecule has 0 aliphatic heterocycles.